The fraction of sp³-hybridized carbons (Fsp3) is 0.500. The SMILES string of the molecule is CSC1CCC(NC(=O)Cc2ccccc2C(=O)O)CC1. The Kier molecular flexibility index (Phi) is 5.67. The molecule has 1 aromatic rings. The van der Waals surface area contributed by atoms with Gasteiger partial charge in [0.1, 0.15) is 0 Å². The van der Waals surface area contributed by atoms with Gasteiger partial charge in [-0.1, -0.05) is 18.2 Å². The molecule has 0 bridgehead atoms. The lowest BCUT2D eigenvalue weighted by Crippen LogP contribution is -2.39. The standard InChI is InChI=1S/C16H21NO3S/c1-21-13-8-6-12(7-9-13)17-15(18)10-11-4-2-3-5-14(11)16(19)20/h2-5,12-13H,6-10H2,1H3,(H,17,18)(H,19,20). The number of nitrogens with one attached hydrogen (secondary N) is 1. The molecule has 0 aliphatic heterocycles. The van der Waals surface area contributed by atoms with Crippen LogP contribution < -0.4 is 5.32 Å². The van der Waals surface area contributed by atoms with Gasteiger partial charge in [0.25, 0.3) is 0 Å². The molecule has 114 valence electrons. The highest BCUT2D eigenvalue weighted by Gasteiger charge is 2.22. The van der Waals surface area contributed by atoms with Crippen molar-refractivity contribution >= 4 is 23.6 Å². The molecule has 1 fully saturated rings. The molecule has 0 atom stereocenters. The lowest BCUT2D eigenvalue weighted by Gasteiger charge is -2.28. The summed E-state index contributed by atoms with van der Waals surface area (Å²) in [5, 5.41) is 12.9. The van der Waals surface area contributed by atoms with E-state index < -0.39 is 5.97 Å². The lowest BCUT2D eigenvalue weighted by molar-refractivity contribution is -0.121. The number of aromatic carboxylic acids is 1. The van der Waals surface area contributed by atoms with Crippen molar-refractivity contribution in [3.63, 3.8) is 0 Å². The van der Waals surface area contributed by atoms with E-state index in [2.05, 4.69) is 11.6 Å². The third-order valence-corrected chi connectivity index (χ3v) is 5.11. The number of benzene rings is 1. The van der Waals surface area contributed by atoms with Gasteiger partial charge in [-0.05, 0) is 43.6 Å². The van der Waals surface area contributed by atoms with Gasteiger partial charge in [0.2, 0.25) is 5.91 Å². The van der Waals surface area contributed by atoms with E-state index in [1.807, 2.05) is 11.8 Å². The van der Waals surface area contributed by atoms with E-state index in [9.17, 15) is 9.59 Å². The Morgan fingerprint density at radius 2 is 1.90 bits per heavy atom. The van der Waals surface area contributed by atoms with Gasteiger partial charge in [-0.25, -0.2) is 4.79 Å². The molecule has 0 saturated heterocycles. The maximum Gasteiger partial charge on any atom is 0.335 e. The van der Waals surface area contributed by atoms with Crippen LogP contribution in [-0.2, 0) is 11.2 Å². The van der Waals surface area contributed by atoms with Crippen molar-refractivity contribution in [2.45, 2.75) is 43.4 Å². The molecule has 1 aromatic carbocycles. The summed E-state index contributed by atoms with van der Waals surface area (Å²) in [4.78, 5) is 23.2. The highest BCUT2D eigenvalue weighted by atomic mass is 32.2. The third-order valence-electron chi connectivity index (χ3n) is 3.97. The first kappa shape index (κ1) is 15.9. The number of hydrogen-bond acceptors (Lipinski definition) is 3. The molecular formula is C16H21NO3S. The minimum Gasteiger partial charge on any atom is -0.478 e. The van der Waals surface area contributed by atoms with E-state index in [4.69, 9.17) is 5.11 Å². The Morgan fingerprint density at radius 3 is 2.52 bits per heavy atom. The number of carbonyl (C=O) groups excluding carboxylic acids is 1. The van der Waals surface area contributed by atoms with Crippen LogP contribution in [0.4, 0.5) is 0 Å². The molecule has 2 N–H and O–H groups in total. The molecule has 5 heteroatoms. The Bertz CT molecular complexity index is 510. The normalized spacial score (nSPS) is 21.8. The van der Waals surface area contributed by atoms with Crippen molar-refractivity contribution in [1.82, 2.24) is 5.32 Å². The molecule has 0 spiro atoms. The predicted octanol–water partition coefficient (Wildman–Crippen LogP) is 2.72. The summed E-state index contributed by atoms with van der Waals surface area (Å²) in [5.41, 5.74) is 0.777. The summed E-state index contributed by atoms with van der Waals surface area (Å²) in [5.74, 6) is -1.07. The summed E-state index contributed by atoms with van der Waals surface area (Å²) < 4.78 is 0. The smallest absolute Gasteiger partial charge is 0.335 e. The molecule has 1 amide bonds. The molecule has 1 saturated carbocycles. The summed E-state index contributed by atoms with van der Waals surface area (Å²) >= 11 is 1.90. The molecule has 2 rings (SSSR count). The van der Waals surface area contributed by atoms with E-state index in [1.54, 1.807) is 18.2 Å². The van der Waals surface area contributed by atoms with Crippen molar-refractivity contribution in [3.8, 4) is 0 Å². The highest BCUT2D eigenvalue weighted by molar-refractivity contribution is 7.99. The van der Waals surface area contributed by atoms with Gasteiger partial charge in [0.05, 0.1) is 12.0 Å². The second kappa shape index (κ2) is 7.50. The summed E-state index contributed by atoms with van der Waals surface area (Å²) in [6.45, 7) is 0. The van der Waals surface area contributed by atoms with Crippen molar-refractivity contribution in [2.24, 2.45) is 0 Å². The molecule has 21 heavy (non-hydrogen) atoms. The first-order chi connectivity index (χ1) is 10.1. The Morgan fingerprint density at radius 1 is 1.24 bits per heavy atom. The van der Waals surface area contributed by atoms with Crippen LogP contribution >= 0.6 is 11.8 Å². The van der Waals surface area contributed by atoms with Crippen LogP contribution in [0.1, 0.15) is 41.6 Å². The lowest BCUT2D eigenvalue weighted by atomic mass is 9.94. The first-order valence-corrected chi connectivity index (χ1v) is 8.52. The Balaban J connectivity index is 1.89. The quantitative estimate of drug-likeness (QED) is 0.878. The molecule has 4 nitrogen and oxygen atoms in total. The van der Waals surface area contributed by atoms with Crippen LogP contribution in [-0.4, -0.2) is 34.5 Å². The second-order valence-corrected chi connectivity index (χ2v) is 6.55. The van der Waals surface area contributed by atoms with Gasteiger partial charge in [-0.2, -0.15) is 11.8 Å². The molecule has 1 aliphatic rings. The monoisotopic (exact) mass is 307 g/mol. The first-order valence-electron chi connectivity index (χ1n) is 7.23. The Hall–Kier alpha value is -1.49. The highest BCUT2D eigenvalue weighted by Crippen LogP contribution is 2.26. The zero-order valence-corrected chi connectivity index (χ0v) is 13.0. The van der Waals surface area contributed by atoms with E-state index in [0.29, 0.717) is 10.8 Å². The second-order valence-electron chi connectivity index (χ2n) is 5.42. The van der Waals surface area contributed by atoms with Gasteiger partial charge in [-0.15, -0.1) is 0 Å². The zero-order valence-electron chi connectivity index (χ0n) is 12.2. The van der Waals surface area contributed by atoms with Crippen LogP contribution in [0.25, 0.3) is 0 Å². The molecule has 0 heterocycles. The van der Waals surface area contributed by atoms with Gasteiger partial charge in [0, 0.05) is 11.3 Å². The fourth-order valence-electron chi connectivity index (χ4n) is 2.78. The molecular weight excluding hydrogens is 286 g/mol. The van der Waals surface area contributed by atoms with Crippen molar-refractivity contribution < 1.29 is 14.7 Å². The molecule has 1 aliphatic carbocycles. The van der Waals surface area contributed by atoms with E-state index in [0.717, 1.165) is 25.7 Å². The number of amides is 1. The number of rotatable bonds is 5. The van der Waals surface area contributed by atoms with Crippen LogP contribution in [0.5, 0.6) is 0 Å². The van der Waals surface area contributed by atoms with Crippen LogP contribution in [0.15, 0.2) is 24.3 Å². The van der Waals surface area contributed by atoms with Gasteiger partial charge < -0.3 is 10.4 Å². The van der Waals surface area contributed by atoms with Crippen LogP contribution in [0.3, 0.4) is 0 Å². The third kappa shape index (κ3) is 4.49. The Labute approximate surface area is 129 Å². The number of hydrogen-bond donors (Lipinski definition) is 2. The van der Waals surface area contributed by atoms with Crippen molar-refractivity contribution in [3.05, 3.63) is 35.4 Å². The average molecular weight is 307 g/mol. The largest absolute Gasteiger partial charge is 0.478 e. The maximum atomic E-state index is 12.1. The number of carboxylic acid groups (broad SMARTS) is 1. The number of carbonyl (C=O) groups is 2. The zero-order chi connectivity index (χ0) is 15.2. The fourth-order valence-corrected chi connectivity index (χ4v) is 3.52. The van der Waals surface area contributed by atoms with Crippen LogP contribution in [0, 0.1) is 0 Å². The summed E-state index contributed by atoms with van der Waals surface area (Å²) in [6, 6.07) is 6.91. The summed E-state index contributed by atoms with van der Waals surface area (Å²) in [7, 11) is 0. The van der Waals surface area contributed by atoms with Gasteiger partial charge >= 0.3 is 5.97 Å². The minimum absolute atomic E-state index is 0.0868. The van der Waals surface area contributed by atoms with Crippen molar-refractivity contribution in [2.75, 3.05) is 6.26 Å². The van der Waals surface area contributed by atoms with Crippen LogP contribution in [0.2, 0.25) is 0 Å². The average Bonchev–Trinajstić information content (AvgIpc) is 2.48. The molecule has 0 radical (unpaired) electrons. The number of thioether (sulfide) groups is 1. The maximum absolute atomic E-state index is 12.1. The summed E-state index contributed by atoms with van der Waals surface area (Å²) in [6.07, 6.45) is 6.56. The molecule has 0 unspecified atom stereocenters. The van der Waals surface area contributed by atoms with Gasteiger partial charge in [0.15, 0.2) is 0 Å². The minimum atomic E-state index is -0.987. The van der Waals surface area contributed by atoms with E-state index >= 15 is 0 Å². The predicted molar refractivity (Wildman–Crippen MR) is 84.8 cm³/mol. The van der Waals surface area contributed by atoms with Crippen molar-refractivity contribution in [1.29, 1.82) is 0 Å². The topological polar surface area (TPSA) is 66.4 Å². The van der Waals surface area contributed by atoms with E-state index in [-0.39, 0.29) is 23.9 Å². The van der Waals surface area contributed by atoms with E-state index in [1.165, 1.54) is 6.07 Å². The number of carboxylic acids is 1. The molecule has 0 aromatic heterocycles. The van der Waals surface area contributed by atoms with Gasteiger partial charge in [-0.3, -0.25) is 4.79 Å².